The number of carbonyl (C=O) groups excluding carboxylic acids is 1. The molecule has 3 heteroatoms. The van der Waals surface area contributed by atoms with Crippen molar-refractivity contribution in [1.29, 1.82) is 0 Å². The number of rotatable bonds is 2. The average molecular weight is 232 g/mol. The topological polar surface area (TPSA) is 32.3 Å². The summed E-state index contributed by atoms with van der Waals surface area (Å²) < 4.78 is 0. The van der Waals surface area contributed by atoms with Crippen LogP contribution in [0.5, 0.6) is 0 Å². The molecule has 1 N–H and O–H groups in total. The van der Waals surface area contributed by atoms with Gasteiger partial charge in [-0.25, -0.2) is 0 Å². The molecule has 0 atom stereocenters. The van der Waals surface area contributed by atoms with Gasteiger partial charge >= 0.3 is 0 Å². The van der Waals surface area contributed by atoms with E-state index in [-0.39, 0.29) is 11.8 Å². The summed E-state index contributed by atoms with van der Waals surface area (Å²) in [6.07, 6.45) is 1.93. The highest BCUT2D eigenvalue weighted by molar-refractivity contribution is 5.92. The van der Waals surface area contributed by atoms with E-state index < -0.39 is 0 Å². The zero-order chi connectivity index (χ0) is 12.3. The van der Waals surface area contributed by atoms with Gasteiger partial charge in [0.05, 0.1) is 0 Å². The van der Waals surface area contributed by atoms with Gasteiger partial charge in [-0.3, -0.25) is 4.79 Å². The zero-order valence-corrected chi connectivity index (χ0v) is 10.6. The fraction of sp³-hybridized carbons (Fsp3) is 0.500. The fourth-order valence-electron chi connectivity index (χ4n) is 2.15. The molecule has 1 saturated heterocycles. The third-order valence-electron chi connectivity index (χ3n) is 3.41. The number of anilines is 1. The summed E-state index contributed by atoms with van der Waals surface area (Å²) in [4.78, 5) is 14.3. The molecule has 1 aromatic carbocycles. The first-order chi connectivity index (χ1) is 8.15. The second-order valence-electron chi connectivity index (χ2n) is 4.93. The molecule has 0 aromatic heterocycles. The molecule has 0 unspecified atom stereocenters. The lowest BCUT2D eigenvalue weighted by Crippen LogP contribution is -2.35. The molecule has 1 aromatic rings. The van der Waals surface area contributed by atoms with Gasteiger partial charge in [-0.05, 0) is 52.0 Å². The normalized spacial score (nSPS) is 18.0. The predicted molar refractivity (Wildman–Crippen MR) is 70.0 cm³/mol. The number of nitrogens with one attached hydrogen (secondary N) is 1. The number of nitrogens with zero attached hydrogens (tertiary/aromatic N) is 1. The summed E-state index contributed by atoms with van der Waals surface area (Å²) >= 11 is 0. The van der Waals surface area contributed by atoms with Crippen molar-refractivity contribution in [3.63, 3.8) is 0 Å². The van der Waals surface area contributed by atoms with E-state index in [2.05, 4.69) is 17.3 Å². The van der Waals surface area contributed by atoms with Crippen LogP contribution in [0.2, 0.25) is 0 Å². The number of likely N-dealkylation sites (tertiary alicyclic amines) is 1. The highest BCUT2D eigenvalue weighted by atomic mass is 16.1. The van der Waals surface area contributed by atoms with Crippen LogP contribution in [0.4, 0.5) is 5.69 Å². The second kappa shape index (κ2) is 5.32. The van der Waals surface area contributed by atoms with Crippen LogP contribution in [0.25, 0.3) is 0 Å². The van der Waals surface area contributed by atoms with Crippen LogP contribution in [0.1, 0.15) is 18.4 Å². The summed E-state index contributed by atoms with van der Waals surface area (Å²) in [5.41, 5.74) is 2.11. The third kappa shape index (κ3) is 3.30. The summed E-state index contributed by atoms with van der Waals surface area (Å²) in [6.45, 7) is 4.08. The summed E-state index contributed by atoms with van der Waals surface area (Å²) in [7, 11) is 2.11. The van der Waals surface area contributed by atoms with Gasteiger partial charge in [0.15, 0.2) is 0 Å². The Morgan fingerprint density at radius 1 is 1.24 bits per heavy atom. The van der Waals surface area contributed by atoms with Gasteiger partial charge in [0.1, 0.15) is 0 Å². The van der Waals surface area contributed by atoms with Crippen molar-refractivity contribution >= 4 is 11.6 Å². The van der Waals surface area contributed by atoms with E-state index in [4.69, 9.17) is 0 Å². The maximum atomic E-state index is 12.0. The molecule has 0 aliphatic carbocycles. The third-order valence-corrected chi connectivity index (χ3v) is 3.41. The Balaban J connectivity index is 1.90. The molecule has 0 radical (unpaired) electrons. The fourth-order valence-corrected chi connectivity index (χ4v) is 2.15. The maximum absolute atomic E-state index is 12.0. The van der Waals surface area contributed by atoms with Gasteiger partial charge in [0, 0.05) is 11.6 Å². The van der Waals surface area contributed by atoms with Crippen LogP contribution in [0, 0.1) is 12.8 Å². The minimum absolute atomic E-state index is 0.168. The number of carbonyl (C=O) groups is 1. The van der Waals surface area contributed by atoms with E-state index in [0.29, 0.717) is 0 Å². The summed E-state index contributed by atoms with van der Waals surface area (Å²) in [6, 6.07) is 7.96. The van der Waals surface area contributed by atoms with E-state index in [9.17, 15) is 4.79 Å². The molecule has 17 heavy (non-hydrogen) atoms. The number of hydrogen-bond donors (Lipinski definition) is 1. The smallest absolute Gasteiger partial charge is 0.227 e. The molecule has 1 heterocycles. The number of aryl methyl sites for hydroxylation is 1. The molecule has 3 nitrogen and oxygen atoms in total. The first-order valence-electron chi connectivity index (χ1n) is 6.21. The van der Waals surface area contributed by atoms with Crippen molar-refractivity contribution in [3.05, 3.63) is 29.8 Å². The number of amides is 1. The van der Waals surface area contributed by atoms with Crippen molar-refractivity contribution in [2.45, 2.75) is 19.8 Å². The van der Waals surface area contributed by atoms with Gasteiger partial charge < -0.3 is 10.2 Å². The van der Waals surface area contributed by atoms with E-state index in [0.717, 1.165) is 31.6 Å². The Hall–Kier alpha value is -1.35. The highest BCUT2D eigenvalue weighted by Gasteiger charge is 2.23. The number of piperidine rings is 1. The Labute approximate surface area is 103 Å². The molecular formula is C14H20N2O. The molecule has 1 aliphatic rings. The lowest BCUT2D eigenvalue weighted by atomic mass is 9.96. The molecule has 0 spiro atoms. The second-order valence-corrected chi connectivity index (χ2v) is 4.93. The Bertz CT molecular complexity index is 378. The summed E-state index contributed by atoms with van der Waals surface area (Å²) in [5.74, 6) is 0.342. The molecule has 1 fully saturated rings. The van der Waals surface area contributed by atoms with Crippen LogP contribution in [-0.4, -0.2) is 30.9 Å². The van der Waals surface area contributed by atoms with Crippen molar-refractivity contribution in [1.82, 2.24) is 4.90 Å². The van der Waals surface area contributed by atoms with Gasteiger partial charge in [-0.2, -0.15) is 0 Å². The van der Waals surface area contributed by atoms with Gasteiger partial charge in [-0.15, -0.1) is 0 Å². The quantitative estimate of drug-likeness (QED) is 0.848. The van der Waals surface area contributed by atoms with E-state index in [1.165, 1.54) is 5.56 Å². The molecular weight excluding hydrogens is 212 g/mol. The van der Waals surface area contributed by atoms with Crippen LogP contribution < -0.4 is 5.32 Å². The monoisotopic (exact) mass is 232 g/mol. The van der Waals surface area contributed by atoms with Gasteiger partial charge in [-0.1, -0.05) is 17.7 Å². The van der Waals surface area contributed by atoms with E-state index in [1.54, 1.807) is 0 Å². The standard InChI is InChI=1S/C14H20N2O/c1-11-3-5-13(6-4-11)15-14(17)12-7-9-16(2)10-8-12/h3-6,12H,7-10H2,1-2H3,(H,15,17). The molecule has 2 rings (SSSR count). The first-order valence-corrected chi connectivity index (χ1v) is 6.21. The molecule has 1 aliphatic heterocycles. The van der Waals surface area contributed by atoms with Crippen molar-refractivity contribution in [2.75, 3.05) is 25.5 Å². The van der Waals surface area contributed by atoms with Crippen LogP contribution in [0.15, 0.2) is 24.3 Å². The number of benzene rings is 1. The average Bonchev–Trinajstić information content (AvgIpc) is 2.33. The Kier molecular flexibility index (Phi) is 3.79. The van der Waals surface area contributed by atoms with E-state index >= 15 is 0 Å². The van der Waals surface area contributed by atoms with Crippen LogP contribution in [0.3, 0.4) is 0 Å². The zero-order valence-electron chi connectivity index (χ0n) is 10.6. The van der Waals surface area contributed by atoms with Gasteiger partial charge in [0.25, 0.3) is 0 Å². The maximum Gasteiger partial charge on any atom is 0.227 e. The summed E-state index contributed by atoms with van der Waals surface area (Å²) in [5, 5.41) is 3.00. The minimum Gasteiger partial charge on any atom is -0.326 e. The van der Waals surface area contributed by atoms with Crippen molar-refractivity contribution in [2.24, 2.45) is 5.92 Å². The van der Waals surface area contributed by atoms with Gasteiger partial charge in [0.2, 0.25) is 5.91 Å². The van der Waals surface area contributed by atoms with Crippen molar-refractivity contribution < 1.29 is 4.79 Å². The van der Waals surface area contributed by atoms with Crippen LogP contribution >= 0.6 is 0 Å². The predicted octanol–water partition coefficient (Wildman–Crippen LogP) is 2.28. The Morgan fingerprint density at radius 2 is 1.82 bits per heavy atom. The SMILES string of the molecule is Cc1ccc(NC(=O)C2CCN(C)CC2)cc1. The van der Waals surface area contributed by atoms with Crippen LogP contribution in [-0.2, 0) is 4.79 Å². The largest absolute Gasteiger partial charge is 0.326 e. The Morgan fingerprint density at radius 3 is 2.41 bits per heavy atom. The highest BCUT2D eigenvalue weighted by Crippen LogP contribution is 2.18. The lowest BCUT2D eigenvalue weighted by Gasteiger charge is -2.28. The molecule has 92 valence electrons. The first kappa shape index (κ1) is 12.1. The van der Waals surface area contributed by atoms with Crippen molar-refractivity contribution in [3.8, 4) is 0 Å². The van der Waals surface area contributed by atoms with E-state index in [1.807, 2.05) is 31.2 Å². The lowest BCUT2D eigenvalue weighted by molar-refractivity contribution is -0.121. The molecule has 1 amide bonds. The minimum atomic E-state index is 0.168. The number of hydrogen-bond acceptors (Lipinski definition) is 2. The molecule has 0 saturated carbocycles. The molecule has 0 bridgehead atoms.